The molecule has 0 spiro atoms. The number of halogens is 1. The van der Waals surface area contributed by atoms with Crippen LogP contribution >= 0.6 is 0 Å². The van der Waals surface area contributed by atoms with Gasteiger partial charge in [-0.1, -0.05) is 36.4 Å². The van der Waals surface area contributed by atoms with Crippen LogP contribution < -0.4 is 16.4 Å². The van der Waals surface area contributed by atoms with Crippen molar-refractivity contribution in [1.29, 1.82) is 5.26 Å². The third kappa shape index (κ3) is 6.36. The van der Waals surface area contributed by atoms with Crippen LogP contribution in [0.1, 0.15) is 50.5 Å². The van der Waals surface area contributed by atoms with Gasteiger partial charge in [-0.25, -0.2) is 19.3 Å². The van der Waals surface area contributed by atoms with Crippen molar-refractivity contribution >= 4 is 23.5 Å². The molecule has 202 valence electrons. The predicted molar refractivity (Wildman–Crippen MR) is 148 cm³/mol. The van der Waals surface area contributed by atoms with Crippen LogP contribution in [0, 0.1) is 17.1 Å². The van der Waals surface area contributed by atoms with E-state index in [1.54, 1.807) is 33.2 Å². The summed E-state index contributed by atoms with van der Waals surface area (Å²) >= 11 is 0. The normalized spacial score (nSPS) is 11.3. The van der Waals surface area contributed by atoms with Crippen LogP contribution in [0.5, 0.6) is 0 Å². The standard InChI is InChI=1S/C29H27FN8O2/c1-17(20-8-10-22(30)11-9-20)36-28(39)23-12-19(13-31)15-35-27(23)34-14-18-4-6-21(7-5-18)24-16-33-26(32)25(37-24)29(40)38(2)3/h4-12,15-17H,14H2,1-3H3,(H2,32,33)(H,34,35)(H,36,39). The molecule has 1 atom stereocenters. The number of rotatable bonds is 8. The van der Waals surface area contributed by atoms with Crippen LogP contribution in [0.3, 0.4) is 0 Å². The molecule has 4 aromatic rings. The van der Waals surface area contributed by atoms with E-state index in [9.17, 15) is 19.2 Å². The number of benzene rings is 2. The van der Waals surface area contributed by atoms with E-state index in [2.05, 4.69) is 25.6 Å². The Bertz CT molecular complexity index is 1580. The molecule has 0 aliphatic carbocycles. The number of nitriles is 1. The second-order valence-corrected chi connectivity index (χ2v) is 9.22. The van der Waals surface area contributed by atoms with Gasteiger partial charge < -0.3 is 21.3 Å². The van der Waals surface area contributed by atoms with Gasteiger partial charge in [0.05, 0.1) is 29.1 Å². The molecule has 4 rings (SSSR count). The summed E-state index contributed by atoms with van der Waals surface area (Å²) in [6, 6.07) is 16.3. The Labute approximate surface area is 230 Å². The lowest BCUT2D eigenvalue weighted by Crippen LogP contribution is -2.28. The fourth-order valence-corrected chi connectivity index (χ4v) is 3.83. The Morgan fingerprint density at radius 1 is 1.07 bits per heavy atom. The third-order valence-electron chi connectivity index (χ3n) is 6.10. The zero-order chi connectivity index (χ0) is 28.8. The SMILES string of the molecule is CC(NC(=O)c1cc(C#N)cnc1NCc1ccc(-c2cnc(N)c(C(=O)N(C)C)n2)cc1)c1ccc(F)cc1. The summed E-state index contributed by atoms with van der Waals surface area (Å²) in [4.78, 5) is 39.6. The fourth-order valence-electron chi connectivity index (χ4n) is 3.83. The van der Waals surface area contributed by atoms with Crippen molar-refractivity contribution in [3.8, 4) is 17.3 Å². The van der Waals surface area contributed by atoms with Crippen LogP contribution in [0.2, 0.25) is 0 Å². The van der Waals surface area contributed by atoms with Gasteiger partial charge in [-0.2, -0.15) is 5.26 Å². The topological polar surface area (TPSA) is 150 Å². The number of nitrogens with one attached hydrogen (secondary N) is 2. The average molecular weight is 539 g/mol. The van der Waals surface area contributed by atoms with Crippen LogP contribution in [0.15, 0.2) is 67.0 Å². The molecule has 0 bridgehead atoms. The summed E-state index contributed by atoms with van der Waals surface area (Å²) in [7, 11) is 3.23. The van der Waals surface area contributed by atoms with Crippen molar-refractivity contribution in [2.75, 3.05) is 25.1 Å². The summed E-state index contributed by atoms with van der Waals surface area (Å²) in [5, 5.41) is 15.4. The number of pyridine rings is 1. The summed E-state index contributed by atoms with van der Waals surface area (Å²) < 4.78 is 13.3. The molecule has 4 N–H and O–H groups in total. The van der Waals surface area contributed by atoms with Crippen molar-refractivity contribution in [1.82, 2.24) is 25.2 Å². The van der Waals surface area contributed by atoms with E-state index in [4.69, 9.17) is 5.73 Å². The lowest BCUT2D eigenvalue weighted by molar-refractivity contribution is 0.0822. The van der Waals surface area contributed by atoms with Crippen LogP contribution in [-0.2, 0) is 6.54 Å². The van der Waals surface area contributed by atoms with E-state index in [1.807, 2.05) is 30.3 Å². The Morgan fingerprint density at radius 2 is 1.77 bits per heavy atom. The maximum atomic E-state index is 13.3. The van der Waals surface area contributed by atoms with Crippen molar-refractivity contribution in [3.05, 3.63) is 101 Å². The third-order valence-corrected chi connectivity index (χ3v) is 6.10. The molecule has 2 aromatic carbocycles. The van der Waals surface area contributed by atoms with E-state index >= 15 is 0 Å². The van der Waals surface area contributed by atoms with E-state index < -0.39 is 11.9 Å². The maximum absolute atomic E-state index is 13.3. The molecule has 10 nitrogen and oxygen atoms in total. The first-order chi connectivity index (χ1) is 19.2. The first kappa shape index (κ1) is 27.7. The first-order valence-corrected chi connectivity index (χ1v) is 12.3. The minimum Gasteiger partial charge on any atom is -0.382 e. The van der Waals surface area contributed by atoms with Gasteiger partial charge in [0.25, 0.3) is 11.8 Å². The number of nitrogen functional groups attached to an aromatic ring is 1. The summed E-state index contributed by atoms with van der Waals surface area (Å²) in [6.45, 7) is 2.12. The van der Waals surface area contributed by atoms with Gasteiger partial charge >= 0.3 is 0 Å². The van der Waals surface area contributed by atoms with E-state index in [1.165, 1.54) is 35.5 Å². The lowest BCUT2D eigenvalue weighted by Gasteiger charge is -2.16. The van der Waals surface area contributed by atoms with E-state index in [-0.39, 0.29) is 34.4 Å². The molecule has 0 saturated carbocycles. The molecular weight excluding hydrogens is 511 g/mol. The van der Waals surface area contributed by atoms with Gasteiger partial charge in [0.2, 0.25) is 0 Å². The lowest BCUT2D eigenvalue weighted by atomic mass is 10.1. The monoisotopic (exact) mass is 538 g/mol. The second kappa shape index (κ2) is 12.0. The van der Waals surface area contributed by atoms with Crippen molar-refractivity contribution in [3.63, 3.8) is 0 Å². The highest BCUT2D eigenvalue weighted by molar-refractivity contribution is 5.99. The molecule has 2 amide bonds. The van der Waals surface area contributed by atoms with Crippen molar-refractivity contribution in [2.24, 2.45) is 0 Å². The summed E-state index contributed by atoms with van der Waals surface area (Å²) in [6.07, 6.45) is 2.89. The zero-order valence-corrected chi connectivity index (χ0v) is 22.1. The highest BCUT2D eigenvalue weighted by Gasteiger charge is 2.18. The van der Waals surface area contributed by atoms with Gasteiger partial charge in [0, 0.05) is 32.4 Å². The molecule has 2 aromatic heterocycles. The number of aromatic nitrogens is 3. The molecule has 1 unspecified atom stereocenters. The first-order valence-electron chi connectivity index (χ1n) is 12.3. The van der Waals surface area contributed by atoms with Crippen LogP contribution in [0.4, 0.5) is 16.0 Å². The molecule has 0 aliphatic rings. The quantitative estimate of drug-likeness (QED) is 0.305. The highest BCUT2D eigenvalue weighted by atomic mass is 19.1. The molecule has 0 aliphatic heterocycles. The van der Waals surface area contributed by atoms with Gasteiger partial charge in [-0.3, -0.25) is 9.59 Å². The minimum absolute atomic E-state index is 0.0603. The molecule has 2 heterocycles. The number of hydrogen-bond acceptors (Lipinski definition) is 8. The molecule has 0 fully saturated rings. The Hall–Kier alpha value is -5.37. The van der Waals surface area contributed by atoms with Crippen LogP contribution in [-0.4, -0.2) is 45.8 Å². The maximum Gasteiger partial charge on any atom is 0.275 e. The number of carbonyl (C=O) groups is 2. The summed E-state index contributed by atoms with van der Waals surface area (Å²) in [5.74, 6) is -0.759. The number of amides is 2. The molecule has 40 heavy (non-hydrogen) atoms. The van der Waals surface area contributed by atoms with Crippen molar-refractivity contribution < 1.29 is 14.0 Å². The minimum atomic E-state index is -0.427. The highest BCUT2D eigenvalue weighted by Crippen LogP contribution is 2.22. The van der Waals surface area contributed by atoms with Gasteiger partial charge in [-0.05, 0) is 36.2 Å². The fraction of sp³-hybridized carbons (Fsp3) is 0.172. The van der Waals surface area contributed by atoms with E-state index in [0.29, 0.717) is 18.1 Å². The van der Waals surface area contributed by atoms with Gasteiger partial charge in [-0.15, -0.1) is 0 Å². The number of nitrogens with two attached hydrogens (primary N) is 1. The Kier molecular flexibility index (Phi) is 8.30. The molecule has 0 saturated heterocycles. The van der Waals surface area contributed by atoms with Gasteiger partial charge in [0.1, 0.15) is 17.7 Å². The number of anilines is 2. The van der Waals surface area contributed by atoms with Crippen LogP contribution in [0.25, 0.3) is 11.3 Å². The number of hydrogen-bond donors (Lipinski definition) is 3. The van der Waals surface area contributed by atoms with Gasteiger partial charge in [0.15, 0.2) is 11.5 Å². The van der Waals surface area contributed by atoms with Crippen molar-refractivity contribution in [2.45, 2.75) is 19.5 Å². The molecule has 0 radical (unpaired) electrons. The molecule has 11 heteroatoms. The number of carbonyl (C=O) groups excluding carboxylic acids is 2. The largest absolute Gasteiger partial charge is 0.382 e. The summed E-state index contributed by atoms with van der Waals surface area (Å²) in [5.41, 5.74) is 9.24. The Balaban J connectivity index is 1.49. The average Bonchev–Trinajstić information content (AvgIpc) is 2.96. The van der Waals surface area contributed by atoms with E-state index in [0.717, 1.165) is 16.7 Å². The number of nitrogens with zero attached hydrogens (tertiary/aromatic N) is 5. The predicted octanol–water partition coefficient (Wildman–Crippen LogP) is 3.94. The second-order valence-electron chi connectivity index (χ2n) is 9.22. The Morgan fingerprint density at radius 3 is 2.42 bits per heavy atom. The molecular formula is C29H27FN8O2. The smallest absolute Gasteiger partial charge is 0.275 e. The zero-order valence-electron chi connectivity index (χ0n) is 22.1.